The fourth-order valence-electron chi connectivity index (χ4n) is 2.47. The molecule has 0 spiro atoms. The van der Waals surface area contributed by atoms with E-state index in [1.54, 1.807) is 11.3 Å². The van der Waals surface area contributed by atoms with Gasteiger partial charge < -0.3 is 5.11 Å². The summed E-state index contributed by atoms with van der Waals surface area (Å²) in [4.78, 5) is 8.26. The Kier molecular flexibility index (Phi) is 5.15. The van der Waals surface area contributed by atoms with Crippen LogP contribution in [-0.4, -0.2) is 28.1 Å². The van der Waals surface area contributed by atoms with Crippen molar-refractivity contribution in [3.8, 4) is 0 Å². The molecule has 18 heavy (non-hydrogen) atoms. The van der Waals surface area contributed by atoms with Crippen molar-refractivity contribution in [2.45, 2.75) is 52.7 Å². The summed E-state index contributed by atoms with van der Waals surface area (Å²) in [7, 11) is 0. The van der Waals surface area contributed by atoms with Gasteiger partial charge in [0.05, 0.1) is 23.7 Å². The highest BCUT2D eigenvalue weighted by molar-refractivity contribution is 7.11. The molecule has 2 rings (SSSR count). The van der Waals surface area contributed by atoms with E-state index in [1.807, 2.05) is 0 Å². The van der Waals surface area contributed by atoms with E-state index in [0.717, 1.165) is 35.9 Å². The lowest BCUT2D eigenvalue weighted by Gasteiger charge is -2.29. The SMILES string of the molecule is CCCc1nc(CN2CCC(C)CC2)sc1CO. The summed E-state index contributed by atoms with van der Waals surface area (Å²) in [5.41, 5.74) is 1.12. The van der Waals surface area contributed by atoms with Crippen LogP contribution in [0.2, 0.25) is 0 Å². The molecule has 1 saturated heterocycles. The largest absolute Gasteiger partial charge is 0.391 e. The minimum atomic E-state index is 0.143. The smallest absolute Gasteiger partial charge is 0.107 e. The lowest BCUT2D eigenvalue weighted by Crippen LogP contribution is -2.32. The van der Waals surface area contributed by atoms with Gasteiger partial charge in [0.1, 0.15) is 5.01 Å². The Morgan fingerprint density at radius 3 is 2.72 bits per heavy atom. The fourth-order valence-corrected chi connectivity index (χ4v) is 3.49. The van der Waals surface area contributed by atoms with Gasteiger partial charge in [-0.25, -0.2) is 4.98 Å². The Labute approximate surface area is 114 Å². The van der Waals surface area contributed by atoms with Gasteiger partial charge in [-0.3, -0.25) is 4.90 Å². The molecule has 1 aliphatic rings. The van der Waals surface area contributed by atoms with Crippen molar-refractivity contribution in [2.24, 2.45) is 5.92 Å². The Balaban J connectivity index is 1.96. The predicted molar refractivity (Wildman–Crippen MR) is 75.7 cm³/mol. The maximum absolute atomic E-state index is 9.36. The van der Waals surface area contributed by atoms with Crippen LogP contribution in [0.3, 0.4) is 0 Å². The average molecular weight is 268 g/mol. The van der Waals surface area contributed by atoms with E-state index in [1.165, 1.54) is 30.9 Å². The predicted octanol–water partition coefficient (Wildman–Crippen LogP) is 2.82. The average Bonchev–Trinajstić information content (AvgIpc) is 2.75. The lowest BCUT2D eigenvalue weighted by molar-refractivity contribution is 0.185. The number of aryl methyl sites for hydroxylation is 1. The third kappa shape index (κ3) is 3.53. The van der Waals surface area contributed by atoms with Gasteiger partial charge in [0.25, 0.3) is 0 Å². The number of hydrogen-bond donors (Lipinski definition) is 1. The molecule has 3 nitrogen and oxygen atoms in total. The molecule has 0 unspecified atom stereocenters. The van der Waals surface area contributed by atoms with Gasteiger partial charge in [-0.2, -0.15) is 0 Å². The first-order valence-corrected chi connectivity index (χ1v) is 7.85. The van der Waals surface area contributed by atoms with Crippen LogP contribution in [0.25, 0.3) is 0 Å². The molecular weight excluding hydrogens is 244 g/mol. The normalized spacial score (nSPS) is 18.4. The van der Waals surface area contributed by atoms with Gasteiger partial charge in [-0.1, -0.05) is 20.3 Å². The maximum atomic E-state index is 9.36. The van der Waals surface area contributed by atoms with E-state index in [4.69, 9.17) is 4.98 Å². The maximum Gasteiger partial charge on any atom is 0.107 e. The summed E-state index contributed by atoms with van der Waals surface area (Å²) in [6.07, 6.45) is 4.70. The lowest BCUT2D eigenvalue weighted by atomic mass is 9.99. The van der Waals surface area contributed by atoms with E-state index in [9.17, 15) is 5.11 Å². The van der Waals surface area contributed by atoms with E-state index < -0.39 is 0 Å². The molecule has 0 bridgehead atoms. The van der Waals surface area contributed by atoms with Crippen LogP contribution in [0.15, 0.2) is 0 Å². The molecule has 102 valence electrons. The summed E-state index contributed by atoms with van der Waals surface area (Å²) in [5.74, 6) is 0.876. The molecule has 2 heterocycles. The van der Waals surface area contributed by atoms with Gasteiger partial charge in [0, 0.05) is 0 Å². The highest BCUT2D eigenvalue weighted by atomic mass is 32.1. The number of likely N-dealkylation sites (tertiary alicyclic amines) is 1. The number of aliphatic hydroxyl groups excluding tert-OH is 1. The first kappa shape index (κ1) is 14.0. The monoisotopic (exact) mass is 268 g/mol. The van der Waals surface area contributed by atoms with E-state index >= 15 is 0 Å². The zero-order valence-electron chi connectivity index (χ0n) is 11.5. The zero-order valence-corrected chi connectivity index (χ0v) is 12.3. The Hall–Kier alpha value is -0.450. The number of aromatic nitrogens is 1. The van der Waals surface area contributed by atoms with Crippen molar-refractivity contribution in [1.29, 1.82) is 0 Å². The number of nitrogens with zero attached hydrogens (tertiary/aromatic N) is 2. The number of hydrogen-bond acceptors (Lipinski definition) is 4. The van der Waals surface area contributed by atoms with Crippen molar-refractivity contribution >= 4 is 11.3 Å². The highest BCUT2D eigenvalue weighted by Gasteiger charge is 2.18. The third-order valence-electron chi connectivity index (χ3n) is 3.69. The molecule has 0 atom stereocenters. The molecule has 1 fully saturated rings. The topological polar surface area (TPSA) is 36.4 Å². The second-order valence-corrected chi connectivity index (χ2v) is 6.51. The molecule has 1 N–H and O–H groups in total. The van der Waals surface area contributed by atoms with Crippen LogP contribution in [0.5, 0.6) is 0 Å². The van der Waals surface area contributed by atoms with Crippen LogP contribution in [0, 0.1) is 5.92 Å². The highest BCUT2D eigenvalue weighted by Crippen LogP contribution is 2.23. The molecular formula is C14H24N2OS. The molecule has 0 radical (unpaired) electrons. The van der Waals surface area contributed by atoms with Crippen LogP contribution >= 0.6 is 11.3 Å². The molecule has 0 amide bonds. The Morgan fingerprint density at radius 2 is 2.11 bits per heavy atom. The number of thiazole rings is 1. The number of aliphatic hydroxyl groups is 1. The van der Waals surface area contributed by atoms with Crippen molar-refractivity contribution in [3.63, 3.8) is 0 Å². The minimum absolute atomic E-state index is 0.143. The van der Waals surface area contributed by atoms with Gasteiger partial charge in [0.15, 0.2) is 0 Å². The Morgan fingerprint density at radius 1 is 1.39 bits per heavy atom. The van der Waals surface area contributed by atoms with Gasteiger partial charge >= 0.3 is 0 Å². The molecule has 0 aliphatic carbocycles. The van der Waals surface area contributed by atoms with Crippen LogP contribution in [-0.2, 0) is 19.6 Å². The first-order chi connectivity index (χ1) is 8.72. The Bertz CT molecular complexity index is 370. The molecule has 4 heteroatoms. The van der Waals surface area contributed by atoms with Crippen LogP contribution < -0.4 is 0 Å². The van der Waals surface area contributed by atoms with Crippen LogP contribution in [0.4, 0.5) is 0 Å². The summed E-state index contributed by atoms with van der Waals surface area (Å²) in [5, 5.41) is 10.5. The van der Waals surface area contributed by atoms with Crippen molar-refractivity contribution in [3.05, 3.63) is 15.6 Å². The summed E-state index contributed by atoms with van der Waals surface area (Å²) < 4.78 is 0. The van der Waals surface area contributed by atoms with Crippen molar-refractivity contribution in [2.75, 3.05) is 13.1 Å². The van der Waals surface area contributed by atoms with E-state index in [2.05, 4.69) is 18.7 Å². The summed E-state index contributed by atoms with van der Waals surface area (Å²) >= 11 is 1.69. The number of piperidine rings is 1. The second kappa shape index (κ2) is 6.64. The summed E-state index contributed by atoms with van der Waals surface area (Å²) in [6.45, 7) is 7.99. The first-order valence-electron chi connectivity index (χ1n) is 7.03. The second-order valence-electron chi connectivity index (χ2n) is 5.34. The molecule has 1 aliphatic heterocycles. The van der Waals surface area contributed by atoms with Crippen molar-refractivity contribution < 1.29 is 5.11 Å². The van der Waals surface area contributed by atoms with Gasteiger partial charge in [-0.05, 0) is 38.3 Å². The summed E-state index contributed by atoms with van der Waals surface area (Å²) in [6, 6.07) is 0. The van der Waals surface area contributed by atoms with Crippen molar-refractivity contribution in [1.82, 2.24) is 9.88 Å². The standard InChI is InChI=1S/C14H24N2OS/c1-3-4-12-13(10-17)18-14(15-12)9-16-7-5-11(2)6-8-16/h11,17H,3-10H2,1-2H3. The van der Waals surface area contributed by atoms with Crippen LogP contribution in [0.1, 0.15) is 48.7 Å². The minimum Gasteiger partial charge on any atom is -0.391 e. The zero-order chi connectivity index (χ0) is 13.0. The van der Waals surface area contributed by atoms with Gasteiger partial charge in [0.2, 0.25) is 0 Å². The fraction of sp³-hybridized carbons (Fsp3) is 0.786. The van der Waals surface area contributed by atoms with E-state index in [0.29, 0.717) is 0 Å². The van der Waals surface area contributed by atoms with Gasteiger partial charge in [-0.15, -0.1) is 11.3 Å². The molecule has 0 aromatic carbocycles. The molecule has 1 aromatic heterocycles. The number of rotatable bonds is 5. The third-order valence-corrected chi connectivity index (χ3v) is 4.76. The molecule has 1 aromatic rings. The van der Waals surface area contributed by atoms with E-state index in [-0.39, 0.29) is 6.61 Å². The molecule has 0 saturated carbocycles. The quantitative estimate of drug-likeness (QED) is 0.892.